The number of rotatable bonds is 3. The molecule has 0 unspecified atom stereocenters. The zero-order valence-electron chi connectivity index (χ0n) is 9.38. The lowest BCUT2D eigenvalue weighted by Crippen LogP contribution is -2.50. The van der Waals surface area contributed by atoms with Crippen molar-refractivity contribution in [2.24, 2.45) is 5.73 Å². The lowest BCUT2D eigenvalue weighted by molar-refractivity contribution is 0.242. The van der Waals surface area contributed by atoms with E-state index < -0.39 is 17.4 Å². The van der Waals surface area contributed by atoms with E-state index in [4.69, 9.17) is 5.73 Å². The van der Waals surface area contributed by atoms with Crippen molar-refractivity contribution in [3.05, 3.63) is 30.1 Å². The number of hydrogen-bond donors (Lipinski definition) is 3. The standard InChI is InChI=1S/C11H16FN3O/c1-11(2,7-13)15-10(16)14-9-6-4-3-5-8(9)12/h3-6H,7,13H2,1-2H3,(H2,14,15,16). The van der Waals surface area contributed by atoms with E-state index in [2.05, 4.69) is 10.6 Å². The number of para-hydroxylation sites is 1. The van der Waals surface area contributed by atoms with Crippen LogP contribution in [0.1, 0.15) is 13.8 Å². The number of anilines is 1. The Kier molecular flexibility index (Phi) is 3.84. The van der Waals surface area contributed by atoms with Gasteiger partial charge in [-0.15, -0.1) is 0 Å². The van der Waals surface area contributed by atoms with Crippen LogP contribution in [0.3, 0.4) is 0 Å². The average molecular weight is 225 g/mol. The van der Waals surface area contributed by atoms with Gasteiger partial charge in [-0.25, -0.2) is 9.18 Å². The second-order valence-corrected chi connectivity index (χ2v) is 4.15. The van der Waals surface area contributed by atoms with Crippen molar-refractivity contribution in [1.29, 1.82) is 0 Å². The summed E-state index contributed by atoms with van der Waals surface area (Å²) >= 11 is 0. The van der Waals surface area contributed by atoms with E-state index in [1.807, 2.05) is 0 Å². The van der Waals surface area contributed by atoms with Crippen molar-refractivity contribution < 1.29 is 9.18 Å². The fourth-order valence-corrected chi connectivity index (χ4v) is 1.07. The van der Waals surface area contributed by atoms with Gasteiger partial charge in [0.1, 0.15) is 5.82 Å². The maximum absolute atomic E-state index is 13.2. The molecule has 2 amide bonds. The van der Waals surface area contributed by atoms with Crippen LogP contribution in [-0.2, 0) is 0 Å². The summed E-state index contributed by atoms with van der Waals surface area (Å²) in [5.74, 6) is -0.469. The molecule has 4 N–H and O–H groups in total. The maximum atomic E-state index is 13.2. The second kappa shape index (κ2) is 4.94. The molecule has 1 rings (SSSR count). The molecule has 0 atom stereocenters. The summed E-state index contributed by atoms with van der Waals surface area (Å²) in [5, 5.41) is 5.06. The van der Waals surface area contributed by atoms with Crippen molar-refractivity contribution in [3.8, 4) is 0 Å². The fourth-order valence-electron chi connectivity index (χ4n) is 1.07. The predicted octanol–water partition coefficient (Wildman–Crippen LogP) is 1.68. The third-order valence-corrected chi connectivity index (χ3v) is 2.08. The number of hydrogen-bond acceptors (Lipinski definition) is 2. The summed E-state index contributed by atoms with van der Waals surface area (Å²) in [4.78, 5) is 11.5. The lowest BCUT2D eigenvalue weighted by atomic mass is 10.1. The quantitative estimate of drug-likeness (QED) is 0.732. The highest BCUT2D eigenvalue weighted by atomic mass is 19.1. The van der Waals surface area contributed by atoms with Crippen LogP contribution in [0.4, 0.5) is 14.9 Å². The average Bonchev–Trinajstić information content (AvgIpc) is 2.21. The van der Waals surface area contributed by atoms with Crippen molar-refractivity contribution in [2.45, 2.75) is 19.4 Å². The van der Waals surface area contributed by atoms with Gasteiger partial charge in [0.15, 0.2) is 0 Å². The molecular formula is C11H16FN3O. The topological polar surface area (TPSA) is 67.1 Å². The monoisotopic (exact) mass is 225 g/mol. The SMILES string of the molecule is CC(C)(CN)NC(=O)Nc1ccccc1F. The number of amides is 2. The summed E-state index contributed by atoms with van der Waals surface area (Å²) in [5.41, 5.74) is 5.09. The van der Waals surface area contributed by atoms with E-state index in [0.717, 1.165) is 0 Å². The van der Waals surface area contributed by atoms with Crippen molar-refractivity contribution >= 4 is 11.7 Å². The highest BCUT2D eigenvalue weighted by Crippen LogP contribution is 2.12. The summed E-state index contributed by atoms with van der Waals surface area (Å²) in [6, 6.07) is 5.50. The molecule has 0 spiro atoms. The van der Waals surface area contributed by atoms with Gasteiger partial charge in [-0.05, 0) is 26.0 Å². The normalized spacial score (nSPS) is 11.0. The van der Waals surface area contributed by atoms with Crippen LogP contribution < -0.4 is 16.4 Å². The Morgan fingerprint density at radius 3 is 2.62 bits per heavy atom. The minimum Gasteiger partial charge on any atom is -0.332 e. The lowest BCUT2D eigenvalue weighted by Gasteiger charge is -2.24. The minimum absolute atomic E-state index is 0.146. The van der Waals surface area contributed by atoms with E-state index in [1.165, 1.54) is 12.1 Å². The molecule has 0 aromatic heterocycles. The molecule has 0 bridgehead atoms. The van der Waals surface area contributed by atoms with Crippen LogP contribution in [0.15, 0.2) is 24.3 Å². The molecule has 0 aliphatic rings. The molecule has 1 aromatic carbocycles. The Labute approximate surface area is 94.0 Å². The minimum atomic E-state index is -0.519. The van der Waals surface area contributed by atoms with Gasteiger partial charge >= 0.3 is 6.03 Å². The Morgan fingerprint density at radius 1 is 1.44 bits per heavy atom. The van der Waals surface area contributed by atoms with E-state index in [0.29, 0.717) is 6.54 Å². The van der Waals surface area contributed by atoms with Crippen LogP contribution in [0.2, 0.25) is 0 Å². The Balaban J connectivity index is 2.62. The van der Waals surface area contributed by atoms with Gasteiger partial charge in [-0.3, -0.25) is 0 Å². The highest BCUT2D eigenvalue weighted by Gasteiger charge is 2.18. The van der Waals surface area contributed by atoms with Crippen molar-refractivity contribution in [1.82, 2.24) is 5.32 Å². The zero-order valence-corrected chi connectivity index (χ0v) is 9.38. The first kappa shape index (κ1) is 12.4. The molecular weight excluding hydrogens is 209 g/mol. The first-order valence-corrected chi connectivity index (χ1v) is 4.98. The van der Waals surface area contributed by atoms with Crippen LogP contribution in [0.25, 0.3) is 0 Å². The largest absolute Gasteiger partial charge is 0.332 e. The third kappa shape index (κ3) is 3.51. The molecule has 1 aromatic rings. The van der Waals surface area contributed by atoms with Crippen molar-refractivity contribution in [2.75, 3.05) is 11.9 Å². The molecule has 88 valence electrons. The van der Waals surface area contributed by atoms with Gasteiger partial charge in [0.05, 0.1) is 5.69 Å². The number of benzene rings is 1. The smallest absolute Gasteiger partial charge is 0.319 e. The van der Waals surface area contributed by atoms with E-state index in [1.54, 1.807) is 26.0 Å². The van der Waals surface area contributed by atoms with Gasteiger partial charge in [-0.1, -0.05) is 12.1 Å². The maximum Gasteiger partial charge on any atom is 0.319 e. The Bertz CT molecular complexity index is 379. The fraction of sp³-hybridized carbons (Fsp3) is 0.364. The summed E-state index contributed by atoms with van der Waals surface area (Å²) in [7, 11) is 0. The van der Waals surface area contributed by atoms with Gasteiger partial charge < -0.3 is 16.4 Å². The number of carbonyl (C=O) groups excluding carboxylic acids is 1. The van der Waals surface area contributed by atoms with Gasteiger partial charge in [0.25, 0.3) is 0 Å². The first-order chi connectivity index (χ1) is 7.44. The molecule has 16 heavy (non-hydrogen) atoms. The number of nitrogens with one attached hydrogen (secondary N) is 2. The Morgan fingerprint density at radius 2 is 2.06 bits per heavy atom. The number of urea groups is 1. The Hall–Kier alpha value is -1.62. The van der Waals surface area contributed by atoms with Crippen molar-refractivity contribution in [3.63, 3.8) is 0 Å². The molecule has 0 aliphatic heterocycles. The van der Waals surface area contributed by atoms with E-state index in [9.17, 15) is 9.18 Å². The van der Waals surface area contributed by atoms with E-state index >= 15 is 0 Å². The second-order valence-electron chi connectivity index (χ2n) is 4.15. The summed E-state index contributed by atoms with van der Waals surface area (Å²) in [6.07, 6.45) is 0. The molecule has 0 radical (unpaired) electrons. The molecule has 0 heterocycles. The molecule has 0 aliphatic carbocycles. The number of carbonyl (C=O) groups is 1. The van der Waals surface area contributed by atoms with Gasteiger partial charge in [0.2, 0.25) is 0 Å². The van der Waals surface area contributed by atoms with E-state index in [-0.39, 0.29) is 5.69 Å². The third-order valence-electron chi connectivity index (χ3n) is 2.08. The van der Waals surface area contributed by atoms with Crippen LogP contribution in [0.5, 0.6) is 0 Å². The van der Waals surface area contributed by atoms with Gasteiger partial charge in [-0.2, -0.15) is 0 Å². The van der Waals surface area contributed by atoms with Crippen LogP contribution in [-0.4, -0.2) is 18.1 Å². The zero-order chi connectivity index (χ0) is 12.2. The number of nitrogens with two attached hydrogens (primary N) is 1. The number of halogens is 1. The highest BCUT2D eigenvalue weighted by molar-refractivity contribution is 5.89. The molecule has 4 nitrogen and oxygen atoms in total. The summed E-state index contributed by atoms with van der Waals surface area (Å²) in [6.45, 7) is 3.87. The predicted molar refractivity (Wildman–Crippen MR) is 61.7 cm³/mol. The molecule has 0 saturated heterocycles. The summed E-state index contributed by atoms with van der Waals surface area (Å²) < 4.78 is 13.2. The van der Waals surface area contributed by atoms with Crippen LogP contribution in [0, 0.1) is 5.82 Å². The molecule has 5 heteroatoms. The molecule has 0 saturated carbocycles. The van der Waals surface area contributed by atoms with Crippen LogP contribution >= 0.6 is 0 Å². The van der Waals surface area contributed by atoms with Gasteiger partial charge in [0, 0.05) is 12.1 Å². The first-order valence-electron chi connectivity index (χ1n) is 4.98. The molecule has 0 fully saturated rings.